The fourth-order valence-electron chi connectivity index (χ4n) is 3.32. The maximum atomic E-state index is 12.5. The Morgan fingerprint density at radius 1 is 1.12 bits per heavy atom. The summed E-state index contributed by atoms with van der Waals surface area (Å²) >= 11 is 5.98. The number of rotatable bonds is 6. The molecule has 1 saturated heterocycles. The highest BCUT2D eigenvalue weighted by Gasteiger charge is 2.30. The van der Waals surface area contributed by atoms with E-state index in [1.165, 1.54) is 19.1 Å². The number of non-ortho nitro benzene ring substituents is 1. The van der Waals surface area contributed by atoms with E-state index in [0.717, 1.165) is 6.07 Å². The SMILES string of the molecule is C[C@@H](OC(=O)C1CCN(C(=O)Nc2ccccc2)CC1)C(=O)Nc1ccc([N+](=O)[O-])cc1Cl. The Morgan fingerprint density at radius 3 is 2.39 bits per heavy atom. The van der Waals surface area contributed by atoms with Crippen LogP contribution in [0.3, 0.4) is 0 Å². The molecule has 0 radical (unpaired) electrons. The number of esters is 1. The molecule has 1 fully saturated rings. The summed E-state index contributed by atoms with van der Waals surface area (Å²) < 4.78 is 5.30. The van der Waals surface area contributed by atoms with Gasteiger partial charge >= 0.3 is 12.0 Å². The smallest absolute Gasteiger partial charge is 0.321 e. The molecule has 2 aromatic rings. The molecule has 0 unspecified atom stereocenters. The zero-order valence-corrected chi connectivity index (χ0v) is 18.6. The lowest BCUT2D eigenvalue weighted by atomic mass is 9.97. The predicted octanol–water partition coefficient (Wildman–Crippen LogP) is 4.06. The first kappa shape index (κ1) is 24.0. The molecule has 33 heavy (non-hydrogen) atoms. The highest BCUT2D eigenvalue weighted by Crippen LogP contribution is 2.27. The zero-order valence-electron chi connectivity index (χ0n) is 17.8. The monoisotopic (exact) mass is 474 g/mol. The molecule has 174 valence electrons. The lowest BCUT2D eigenvalue weighted by Crippen LogP contribution is -2.43. The van der Waals surface area contributed by atoms with Crippen LogP contribution in [0.1, 0.15) is 19.8 Å². The van der Waals surface area contributed by atoms with Gasteiger partial charge in [0.25, 0.3) is 11.6 Å². The van der Waals surface area contributed by atoms with Crippen molar-refractivity contribution in [3.05, 3.63) is 63.7 Å². The minimum atomic E-state index is -1.09. The number of anilines is 2. The summed E-state index contributed by atoms with van der Waals surface area (Å²) in [6.45, 7) is 2.20. The summed E-state index contributed by atoms with van der Waals surface area (Å²) in [6.07, 6.45) is -0.254. The van der Waals surface area contributed by atoms with Gasteiger partial charge in [-0.05, 0) is 38.0 Å². The molecule has 0 spiro atoms. The van der Waals surface area contributed by atoms with E-state index in [0.29, 0.717) is 31.6 Å². The zero-order chi connectivity index (χ0) is 24.0. The third kappa shape index (κ3) is 6.42. The number of para-hydroxylation sites is 1. The second-order valence-electron chi connectivity index (χ2n) is 7.55. The average molecular weight is 475 g/mol. The maximum absolute atomic E-state index is 12.5. The van der Waals surface area contributed by atoms with E-state index in [2.05, 4.69) is 10.6 Å². The lowest BCUT2D eigenvalue weighted by Gasteiger charge is -2.31. The first-order valence-electron chi connectivity index (χ1n) is 10.3. The number of carbonyl (C=O) groups is 3. The Bertz CT molecular complexity index is 1040. The Hall–Kier alpha value is -3.66. The number of benzene rings is 2. The van der Waals surface area contributed by atoms with Crippen molar-refractivity contribution < 1.29 is 24.0 Å². The van der Waals surface area contributed by atoms with Crippen molar-refractivity contribution in [1.29, 1.82) is 0 Å². The molecule has 2 N–H and O–H groups in total. The lowest BCUT2D eigenvalue weighted by molar-refractivity contribution is -0.384. The molecule has 1 atom stereocenters. The molecule has 10 nitrogen and oxygen atoms in total. The van der Waals surface area contributed by atoms with Gasteiger partial charge in [0, 0.05) is 30.9 Å². The number of amides is 3. The third-order valence-electron chi connectivity index (χ3n) is 5.22. The Kier molecular flexibility index (Phi) is 7.83. The van der Waals surface area contributed by atoms with Gasteiger partial charge in [0.15, 0.2) is 6.10 Å². The number of carbonyl (C=O) groups excluding carboxylic acids is 3. The van der Waals surface area contributed by atoms with E-state index in [4.69, 9.17) is 16.3 Å². The minimum absolute atomic E-state index is 0.00257. The van der Waals surface area contributed by atoms with E-state index in [9.17, 15) is 24.5 Å². The number of nitro benzene ring substituents is 1. The van der Waals surface area contributed by atoms with Crippen LogP contribution < -0.4 is 10.6 Å². The number of urea groups is 1. The van der Waals surface area contributed by atoms with E-state index in [1.54, 1.807) is 17.0 Å². The van der Waals surface area contributed by atoms with E-state index in [1.807, 2.05) is 18.2 Å². The molecule has 2 aromatic carbocycles. The van der Waals surface area contributed by atoms with Crippen LogP contribution in [0.15, 0.2) is 48.5 Å². The number of nitrogens with zero attached hydrogens (tertiary/aromatic N) is 2. The van der Waals surface area contributed by atoms with Crippen LogP contribution in [-0.2, 0) is 14.3 Å². The van der Waals surface area contributed by atoms with Gasteiger partial charge < -0.3 is 20.3 Å². The van der Waals surface area contributed by atoms with Gasteiger partial charge in [0.2, 0.25) is 0 Å². The Labute approximate surface area is 195 Å². The second kappa shape index (κ2) is 10.8. The number of hydrogen-bond acceptors (Lipinski definition) is 6. The maximum Gasteiger partial charge on any atom is 0.321 e. The first-order chi connectivity index (χ1) is 15.7. The molecule has 3 amide bonds. The molecular weight excluding hydrogens is 452 g/mol. The third-order valence-corrected chi connectivity index (χ3v) is 5.54. The molecule has 3 rings (SSSR count). The molecule has 1 aliphatic rings. The van der Waals surface area contributed by atoms with Crippen LogP contribution in [0.2, 0.25) is 5.02 Å². The Morgan fingerprint density at radius 2 is 1.79 bits per heavy atom. The summed E-state index contributed by atoms with van der Waals surface area (Å²) in [6, 6.07) is 12.5. The first-order valence-corrected chi connectivity index (χ1v) is 10.7. The topological polar surface area (TPSA) is 131 Å². The van der Waals surface area contributed by atoms with Crippen molar-refractivity contribution in [2.24, 2.45) is 5.92 Å². The molecule has 0 aliphatic carbocycles. The highest BCUT2D eigenvalue weighted by atomic mass is 35.5. The highest BCUT2D eigenvalue weighted by molar-refractivity contribution is 6.34. The summed E-state index contributed by atoms with van der Waals surface area (Å²) in [4.78, 5) is 49.1. The molecule has 0 saturated carbocycles. The van der Waals surface area contributed by atoms with Crippen molar-refractivity contribution in [3.63, 3.8) is 0 Å². The molecule has 1 heterocycles. The normalized spacial score (nSPS) is 14.8. The van der Waals surface area contributed by atoms with Crippen molar-refractivity contribution in [3.8, 4) is 0 Å². The number of likely N-dealkylation sites (tertiary alicyclic amines) is 1. The molecule has 1 aliphatic heterocycles. The standard InChI is InChI=1S/C22H23ClN4O6/c1-14(20(28)25-19-8-7-17(27(31)32)13-18(19)23)33-21(29)15-9-11-26(12-10-15)22(30)24-16-5-3-2-4-6-16/h2-8,13-15H,9-12H2,1H3,(H,24,30)(H,25,28)/t14-/m1/s1. The van der Waals surface area contributed by atoms with Gasteiger partial charge in [-0.15, -0.1) is 0 Å². The van der Waals surface area contributed by atoms with Gasteiger partial charge in [-0.3, -0.25) is 19.7 Å². The van der Waals surface area contributed by atoms with Gasteiger partial charge in [-0.1, -0.05) is 29.8 Å². The summed E-state index contributed by atoms with van der Waals surface area (Å²) in [5.74, 6) is -1.56. The van der Waals surface area contributed by atoms with Gasteiger partial charge in [-0.2, -0.15) is 0 Å². The van der Waals surface area contributed by atoms with Crippen LogP contribution in [0.25, 0.3) is 0 Å². The van der Waals surface area contributed by atoms with Crippen LogP contribution in [-0.4, -0.2) is 46.9 Å². The number of nitro groups is 1. The fraction of sp³-hybridized carbons (Fsp3) is 0.318. The van der Waals surface area contributed by atoms with E-state index >= 15 is 0 Å². The van der Waals surface area contributed by atoms with Crippen molar-refractivity contribution in [1.82, 2.24) is 4.90 Å². The van der Waals surface area contributed by atoms with Crippen LogP contribution in [0, 0.1) is 16.0 Å². The van der Waals surface area contributed by atoms with Crippen molar-refractivity contribution in [2.45, 2.75) is 25.9 Å². The quantitative estimate of drug-likeness (QED) is 0.368. The summed E-state index contributed by atoms with van der Waals surface area (Å²) in [5, 5.41) is 16.1. The molecular formula is C22H23ClN4O6. The molecule has 11 heteroatoms. The van der Waals surface area contributed by atoms with Crippen LogP contribution >= 0.6 is 11.6 Å². The number of halogens is 1. The van der Waals surface area contributed by atoms with Gasteiger partial charge in [0.05, 0.1) is 21.6 Å². The molecule has 0 bridgehead atoms. The van der Waals surface area contributed by atoms with E-state index in [-0.39, 0.29) is 22.4 Å². The number of nitrogens with one attached hydrogen (secondary N) is 2. The minimum Gasteiger partial charge on any atom is -0.452 e. The fourth-order valence-corrected chi connectivity index (χ4v) is 3.54. The summed E-state index contributed by atoms with van der Waals surface area (Å²) in [7, 11) is 0. The number of hydrogen-bond donors (Lipinski definition) is 2. The van der Waals surface area contributed by atoms with Crippen LogP contribution in [0.4, 0.5) is 21.9 Å². The number of ether oxygens (including phenoxy) is 1. The molecule has 0 aromatic heterocycles. The summed E-state index contributed by atoms with van der Waals surface area (Å²) in [5.41, 5.74) is 0.658. The van der Waals surface area contributed by atoms with Crippen molar-refractivity contribution in [2.75, 3.05) is 23.7 Å². The largest absolute Gasteiger partial charge is 0.452 e. The second-order valence-corrected chi connectivity index (χ2v) is 7.95. The average Bonchev–Trinajstić information content (AvgIpc) is 2.80. The van der Waals surface area contributed by atoms with Gasteiger partial charge in [0.1, 0.15) is 0 Å². The van der Waals surface area contributed by atoms with Gasteiger partial charge in [-0.25, -0.2) is 4.79 Å². The number of piperidine rings is 1. The Balaban J connectivity index is 1.46. The van der Waals surface area contributed by atoms with E-state index < -0.39 is 28.8 Å². The van der Waals surface area contributed by atoms with Crippen molar-refractivity contribution >= 4 is 46.6 Å². The predicted molar refractivity (Wildman–Crippen MR) is 122 cm³/mol. The van der Waals surface area contributed by atoms with Crippen LogP contribution in [0.5, 0.6) is 0 Å².